The first kappa shape index (κ1) is 21.3. The fraction of sp³-hybridized carbons (Fsp3) is 0.286. The van der Waals surface area contributed by atoms with E-state index < -0.39 is 0 Å². The summed E-state index contributed by atoms with van der Waals surface area (Å²) in [7, 11) is 0. The Balaban J connectivity index is 1.43. The van der Waals surface area contributed by atoms with Gasteiger partial charge in [0.1, 0.15) is 18.2 Å². The van der Waals surface area contributed by atoms with Gasteiger partial charge in [0.15, 0.2) is 0 Å². The summed E-state index contributed by atoms with van der Waals surface area (Å²) >= 11 is 0. The van der Waals surface area contributed by atoms with Gasteiger partial charge in [0.2, 0.25) is 5.91 Å². The molecule has 1 aliphatic rings. The minimum Gasteiger partial charge on any atom is -0.492 e. The second-order valence-electron chi connectivity index (χ2n) is 8.92. The van der Waals surface area contributed by atoms with Crippen LogP contribution in [0.15, 0.2) is 66.7 Å². The predicted molar refractivity (Wildman–Crippen MR) is 132 cm³/mol. The van der Waals surface area contributed by atoms with E-state index >= 15 is 0 Å². The predicted octanol–water partition coefficient (Wildman–Crippen LogP) is 5.56. The number of carbonyl (C=O) groups excluding carboxylic acids is 1. The molecule has 3 aromatic carbocycles. The molecule has 4 aromatic rings. The van der Waals surface area contributed by atoms with Crippen LogP contribution in [0, 0.1) is 20.8 Å². The van der Waals surface area contributed by atoms with Crippen LogP contribution in [0.4, 0.5) is 5.69 Å². The lowest BCUT2D eigenvalue weighted by Crippen LogP contribution is -2.26. The topological polar surface area (TPSA) is 47.4 Å². The minimum atomic E-state index is 0.0443. The third kappa shape index (κ3) is 4.11. The maximum absolute atomic E-state index is 13.1. The molecular formula is C28H29N3O2. The van der Waals surface area contributed by atoms with Gasteiger partial charge in [-0.25, -0.2) is 4.98 Å². The molecule has 2 heterocycles. The third-order valence-electron chi connectivity index (χ3n) is 6.46. The molecule has 1 amide bonds. The summed E-state index contributed by atoms with van der Waals surface area (Å²) in [6, 6.07) is 22.5. The second-order valence-corrected chi connectivity index (χ2v) is 8.92. The van der Waals surface area contributed by atoms with Crippen LogP contribution < -0.4 is 9.64 Å². The summed E-state index contributed by atoms with van der Waals surface area (Å²) in [5.41, 5.74) is 6.51. The number of carbonyl (C=O) groups is 1. The number of aromatic nitrogens is 2. The molecule has 5 nitrogen and oxygen atoms in total. The van der Waals surface area contributed by atoms with E-state index in [1.54, 1.807) is 0 Å². The zero-order chi connectivity index (χ0) is 22.9. The third-order valence-corrected chi connectivity index (χ3v) is 6.46. The lowest BCUT2D eigenvalue weighted by Gasteiger charge is -2.21. The summed E-state index contributed by atoms with van der Waals surface area (Å²) in [6.45, 7) is 8.07. The Bertz CT molecular complexity index is 1300. The number of para-hydroxylation sites is 3. The highest BCUT2D eigenvalue weighted by molar-refractivity contribution is 5.98. The molecule has 5 rings (SSSR count). The first-order chi connectivity index (χ1) is 16.0. The van der Waals surface area contributed by atoms with Gasteiger partial charge < -0.3 is 14.2 Å². The number of ether oxygens (including phenoxy) is 1. The van der Waals surface area contributed by atoms with Crippen molar-refractivity contribution in [2.75, 3.05) is 18.1 Å². The Morgan fingerprint density at radius 2 is 1.73 bits per heavy atom. The van der Waals surface area contributed by atoms with Crippen molar-refractivity contribution in [2.45, 2.75) is 39.7 Å². The fourth-order valence-electron chi connectivity index (χ4n) is 4.93. The van der Waals surface area contributed by atoms with E-state index in [1.807, 2.05) is 47.4 Å². The molecule has 0 aliphatic carbocycles. The molecule has 0 bridgehead atoms. The number of hydrogen-bond acceptors (Lipinski definition) is 3. The first-order valence-electron chi connectivity index (χ1n) is 11.5. The number of fused-ring (bicyclic) bond motifs is 1. The van der Waals surface area contributed by atoms with Crippen molar-refractivity contribution in [3.05, 3.63) is 89.2 Å². The van der Waals surface area contributed by atoms with Crippen LogP contribution in [-0.4, -0.2) is 28.6 Å². The van der Waals surface area contributed by atoms with Crippen molar-refractivity contribution in [1.29, 1.82) is 0 Å². The maximum atomic E-state index is 13.1. The molecule has 1 fully saturated rings. The molecule has 1 aromatic heterocycles. The molecule has 1 unspecified atom stereocenters. The van der Waals surface area contributed by atoms with Gasteiger partial charge in [-0.1, -0.05) is 42.5 Å². The van der Waals surface area contributed by atoms with Crippen LogP contribution in [-0.2, 0) is 11.3 Å². The number of hydrogen-bond donors (Lipinski definition) is 0. The highest BCUT2D eigenvalue weighted by atomic mass is 16.5. The van der Waals surface area contributed by atoms with E-state index in [9.17, 15) is 4.79 Å². The molecule has 1 aliphatic heterocycles. The summed E-state index contributed by atoms with van der Waals surface area (Å²) in [5.74, 6) is 2.04. The smallest absolute Gasteiger partial charge is 0.227 e. The van der Waals surface area contributed by atoms with E-state index in [0.717, 1.165) is 39.4 Å². The quantitative estimate of drug-likeness (QED) is 0.395. The Morgan fingerprint density at radius 3 is 2.52 bits per heavy atom. The Morgan fingerprint density at radius 1 is 0.970 bits per heavy atom. The van der Waals surface area contributed by atoms with Gasteiger partial charge in [-0.15, -0.1) is 0 Å². The normalized spacial score (nSPS) is 16.0. The number of amides is 1. The Kier molecular flexibility index (Phi) is 5.63. The largest absolute Gasteiger partial charge is 0.492 e. The van der Waals surface area contributed by atoms with Gasteiger partial charge in [-0.3, -0.25) is 4.79 Å². The van der Waals surface area contributed by atoms with Crippen molar-refractivity contribution in [3.8, 4) is 5.75 Å². The van der Waals surface area contributed by atoms with Gasteiger partial charge in [-0.2, -0.15) is 0 Å². The average Bonchev–Trinajstić information content (AvgIpc) is 3.35. The number of rotatable bonds is 6. The van der Waals surface area contributed by atoms with Crippen molar-refractivity contribution < 1.29 is 9.53 Å². The molecule has 1 saturated heterocycles. The van der Waals surface area contributed by atoms with Crippen LogP contribution in [0.2, 0.25) is 0 Å². The Hall–Kier alpha value is -3.60. The second kappa shape index (κ2) is 8.74. The van der Waals surface area contributed by atoms with Crippen molar-refractivity contribution >= 4 is 22.6 Å². The monoisotopic (exact) mass is 439 g/mol. The van der Waals surface area contributed by atoms with E-state index in [0.29, 0.717) is 26.1 Å². The van der Waals surface area contributed by atoms with E-state index in [-0.39, 0.29) is 11.8 Å². The van der Waals surface area contributed by atoms with Gasteiger partial charge in [-0.05, 0) is 61.7 Å². The molecule has 1 atom stereocenters. The van der Waals surface area contributed by atoms with Crippen molar-refractivity contribution in [3.63, 3.8) is 0 Å². The van der Waals surface area contributed by atoms with E-state index in [4.69, 9.17) is 9.72 Å². The van der Waals surface area contributed by atoms with Crippen LogP contribution in [0.25, 0.3) is 11.0 Å². The fourth-order valence-corrected chi connectivity index (χ4v) is 4.93. The first-order valence-corrected chi connectivity index (χ1v) is 11.5. The zero-order valence-corrected chi connectivity index (χ0v) is 19.4. The standard InChI is InChI=1S/C28H29N3O2/c1-19-8-6-11-23(16-19)33-15-14-30-25-13-5-4-12-24(25)29-28(30)22-17-26(32)31(18-22)27-20(2)9-7-10-21(27)3/h4-13,16,22H,14-15,17-18H2,1-3H3. The summed E-state index contributed by atoms with van der Waals surface area (Å²) < 4.78 is 8.28. The minimum absolute atomic E-state index is 0.0443. The number of nitrogens with zero attached hydrogens (tertiary/aromatic N) is 3. The van der Waals surface area contributed by atoms with E-state index in [1.165, 1.54) is 5.56 Å². The van der Waals surface area contributed by atoms with Crippen LogP contribution in [0.1, 0.15) is 34.9 Å². The van der Waals surface area contributed by atoms with Gasteiger partial charge >= 0.3 is 0 Å². The molecule has 0 radical (unpaired) electrons. The van der Waals surface area contributed by atoms with Crippen molar-refractivity contribution in [2.24, 2.45) is 0 Å². The maximum Gasteiger partial charge on any atom is 0.227 e. The van der Waals surface area contributed by atoms with Gasteiger partial charge in [0.05, 0.1) is 17.6 Å². The Labute approximate surface area is 194 Å². The average molecular weight is 440 g/mol. The van der Waals surface area contributed by atoms with Gasteiger partial charge in [0.25, 0.3) is 0 Å². The lowest BCUT2D eigenvalue weighted by molar-refractivity contribution is -0.117. The molecule has 5 heteroatoms. The molecular weight excluding hydrogens is 410 g/mol. The van der Waals surface area contributed by atoms with Crippen molar-refractivity contribution in [1.82, 2.24) is 9.55 Å². The highest BCUT2D eigenvalue weighted by Crippen LogP contribution is 2.36. The number of anilines is 1. The van der Waals surface area contributed by atoms with E-state index in [2.05, 4.69) is 49.6 Å². The molecule has 0 saturated carbocycles. The summed E-state index contributed by atoms with van der Waals surface area (Å²) in [5, 5.41) is 0. The molecule has 168 valence electrons. The van der Waals surface area contributed by atoms with Crippen LogP contribution >= 0.6 is 0 Å². The zero-order valence-electron chi connectivity index (χ0n) is 19.4. The lowest BCUT2D eigenvalue weighted by atomic mass is 10.1. The van der Waals surface area contributed by atoms with Crippen LogP contribution in [0.3, 0.4) is 0 Å². The molecule has 33 heavy (non-hydrogen) atoms. The summed E-state index contributed by atoms with van der Waals surface area (Å²) in [6.07, 6.45) is 0.468. The number of imidazole rings is 1. The number of aryl methyl sites for hydroxylation is 3. The summed E-state index contributed by atoms with van der Waals surface area (Å²) in [4.78, 5) is 20.0. The molecule has 0 spiro atoms. The van der Waals surface area contributed by atoms with Crippen LogP contribution in [0.5, 0.6) is 5.75 Å². The number of benzene rings is 3. The van der Waals surface area contributed by atoms with Gasteiger partial charge in [0, 0.05) is 24.6 Å². The molecule has 0 N–H and O–H groups in total. The SMILES string of the molecule is Cc1cccc(OCCn2c(C3CC(=O)N(c4c(C)cccc4C)C3)nc3ccccc32)c1. The highest BCUT2D eigenvalue weighted by Gasteiger charge is 2.35.